The highest BCUT2D eigenvalue weighted by molar-refractivity contribution is 5.91. The van der Waals surface area contributed by atoms with Gasteiger partial charge in [0.15, 0.2) is 5.76 Å². The quantitative estimate of drug-likeness (QED) is 0.889. The van der Waals surface area contributed by atoms with Gasteiger partial charge in [0.2, 0.25) is 0 Å². The average molecular weight is 346 g/mol. The predicted octanol–water partition coefficient (Wildman–Crippen LogP) is 3.21. The number of hydrogen-bond donors (Lipinski definition) is 1. The summed E-state index contributed by atoms with van der Waals surface area (Å²) in [4.78, 5) is 14.3. The zero-order valence-electron chi connectivity index (χ0n) is 15.2. The van der Waals surface area contributed by atoms with Crippen LogP contribution in [-0.2, 0) is 4.74 Å². The molecule has 0 unspecified atom stereocenters. The molecule has 1 spiro atoms. The fraction of sp³-hybridized carbons (Fsp3) is 0.750. The number of ether oxygens (including phenoxy) is 1. The van der Waals surface area contributed by atoms with Gasteiger partial charge in [0.05, 0.1) is 12.4 Å². The summed E-state index contributed by atoms with van der Waals surface area (Å²) in [6, 6.07) is 4.64. The molecule has 5 heteroatoms. The van der Waals surface area contributed by atoms with Crippen LogP contribution in [0.2, 0.25) is 0 Å². The van der Waals surface area contributed by atoms with E-state index in [4.69, 9.17) is 9.15 Å². The summed E-state index contributed by atoms with van der Waals surface area (Å²) in [5.41, 5.74) is 0.386. The molecule has 1 amide bonds. The van der Waals surface area contributed by atoms with Crippen LogP contribution in [-0.4, -0.2) is 48.7 Å². The summed E-state index contributed by atoms with van der Waals surface area (Å²) in [6.45, 7) is 4.55. The molecule has 3 fully saturated rings. The van der Waals surface area contributed by atoms with Gasteiger partial charge in [0.25, 0.3) is 5.91 Å². The Morgan fingerprint density at radius 1 is 1.36 bits per heavy atom. The van der Waals surface area contributed by atoms with Crippen molar-refractivity contribution in [3.05, 3.63) is 24.2 Å². The smallest absolute Gasteiger partial charge is 0.289 e. The lowest BCUT2D eigenvalue weighted by Gasteiger charge is -2.55. The molecule has 1 aromatic rings. The summed E-state index contributed by atoms with van der Waals surface area (Å²) in [6.07, 6.45) is 10.5. The second kappa shape index (κ2) is 7.12. The van der Waals surface area contributed by atoms with Crippen LogP contribution >= 0.6 is 0 Å². The van der Waals surface area contributed by atoms with Gasteiger partial charge in [-0.05, 0) is 51.2 Å². The Labute approximate surface area is 150 Å². The Hall–Kier alpha value is -1.33. The number of likely N-dealkylation sites (tertiary alicyclic amines) is 1. The molecule has 1 saturated heterocycles. The number of carbonyl (C=O) groups is 1. The first kappa shape index (κ1) is 17.1. The number of hydrogen-bond acceptors (Lipinski definition) is 4. The number of furan rings is 1. The minimum Gasteiger partial charge on any atom is -0.459 e. The summed E-state index contributed by atoms with van der Waals surface area (Å²) < 4.78 is 11.3. The largest absolute Gasteiger partial charge is 0.459 e. The first-order valence-electron chi connectivity index (χ1n) is 9.93. The van der Waals surface area contributed by atoms with Crippen molar-refractivity contribution in [2.45, 2.75) is 70.1 Å². The lowest BCUT2D eigenvalue weighted by molar-refractivity contribution is -0.133. The van der Waals surface area contributed by atoms with Crippen molar-refractivity contribution in [1.82, 2.24) is 10.2 Å². The number of amides is 1. The number of piperidine rings is 1. The molecule has 0 bridgehead atoms. The van der Waals surface area contributed by atoms with Gasteiger partial charge in [0, 0.05) is 37.2 Å². The minimum absolute atomic E-state index is 0.0239. The lowest BCUT2D eigenvalue weighted by atomic mass is 9.60. The molecule has 138 valence electrons. The predicted molar refractivity (Wildman–Crippen MR) is 95.5 cm³/mol. The molecule has 1 aliphatic heterocycles. The Morgan fingerprint density at radius 3 is 2.76 bits per heavy atom. The molecule has 3 aliphatic rings. The van der Waals surface area contributed by atoms with Gasteiger partial charge in [0.1, 0.15) is 0 Å². The Morgan fingerprint density at radius 2 is 2.12 bits per heavy atom. The van der Waals surface area contributed by atoms with Crippen LogP contribution in [0.1, 0.15) is 62.4 Å². The summed E-state index contributed by atoms with van der Waals surface area (Å²) in [7, 11) is 0. The summed E-state index contributed by atoms with van der Waals surface area (Å²) in [5, 5.41) is 3.93. The van der Waals surface area contributed by atoms with Gasteiger partial charge in [-0.15, -0.1) is 0 Å². The molecule has 2 aliphatic carbocycles. The van der Waals surface area contributed by atoms with E-state index in [1.807, 2.05) is 4.90 Å². The molecule has 2 heterocycles. The van der Waals surface area contributed by atoms with E-state index in [1.165, 1.54) is 25.7 Å². The number of rotatable bonds is 5. The fourth-order valence-corrected chi connectivity index (χ4v) is 5.21. The van der Waals surface area contributed by atoms with Gasteiger partial charge < -0.3 is 19.4 Å². The third kappa shape index (κ3) is 3.13. The molecular formula is C20H30N2O3. The lowest BCUT2D eigenvalue weighted by Crippen LogP contribution is -2.65. The minimum atomic E-state index is 0.0239. The zero-order valence-corrected chi connectivity index (χ0v) is 15.2. The third-order valence-corrected chi connectivity index (χ3v) is 6.64. The van der Waals surface area contributed by atoms with E-state index in [0.29, 0.717) is 29.4 Å². The van der Waals surface area contributed by atoms with Crippen LogP contribution in [0.5, 0.6) is 0 Å². The normalized spacial score (nSPS) is 29.1. The van der Waals surface area contributed by atoms with Crippen LogP contribution in [0, 0.1) is 5.41 Å². The van der Waals surface area contributed by atoms with Crippen LogP contribution < -0.4 is 5.32 Å². The van der Waals surface area contributed by atoms with E-state index in [0.717, 1.165) is 39.0 Å². The molecule has 1 aromatic heterocycles. The number of carbonyl (C=O) groups excluding carboxylic acids is 1. The third-order valence-electron chi connectivity index (χ3n) is 6.64. The zero-order chi connectivity index (χ0) is 17.3. The van der Waals surface area contributed by atoms with Gasteiger partial charge in [-0.3, -0.25) is 4.79 Å². The molecule has 2 saturated carbocycles. The van der Waals surface area contributed by atoms with E-state index in [2.05, 4.69) is 12.2 Å². The fourth-order valence-electron chi connectivity index (χ4n) is 5.21. The van der Waals surface area contributed by atoms with Crippen LogP contribution in [0.15, 0.2) is 22.8 Å². The average Bonchev–Trinajstić information content (AvgIpc) is 3.33. The first-order valence-corrected chi connectivity index (χ1v) is 9.93. The molecule has 4 rings (SSSR count). The van der Waals surface area contributed by atoms with Crippen molar-refractivity contribution >= 4 is 5.91 Å². The maximum absolute atomic E-state index is 12.4. The second-order valence-corrected chi connectivity index (χ2v) is 7.88. The highest BCUT2D eigenvalue weighted by Crippen LogP contribution is 2.55. The van der Waals surface area contributed by atoms with Gasteiger partial charge in [-0.2, -0.15) is 0 Å². The molecule has 1 N–H and O–H groups in total. The Bertz CT molecular complexity index is 572. The Balaban J connectivity index is 1.30. The highest BCUT2D eigenvalue weighted by Gasteiger charge is 2.56. The molecule has 2 atom stereocenters. The van der Waals surface area contributed by atoms with Crippen molar-refractivity contribution < 1.29 is 13.9 Å². The standard InChI is InChI=1S/C20H30N2O3/c1-2-24-18-14-17(20(18)9-3-4-10-20)21-15-7-11-22(12-8-15)19(23)16-6-5-13-25-16/h5-6,13,15,17-18,21H,2-4,7-12,14H2,1H3/t17-,18-/m0/s1. The number of nitrogens with one attached hydrogen (secondary N) is 1. The van der Waals surface area contributed by atoms with Crippen LogP contribution in [0.25, 0.3) is 0 Å². The van der Waals surface area contributed by atoms with E-state index >= 15 is 0 Å². The van der Waals surface area contributed by atoms with E-state index in [9.17, 15) is 4.79 Å². The Kier molecular flexibility index (Phi) is 4.87. The molecule has 25 heavy (non-hydrogen) atoms. The van der Waals surface area contributed by atoms with Crippen LogP contribution in [0.4, 0.5) is 0 Å². The maximum atomic E-state index is 12.4. The maximum Gasteiger partial charge on any atom is 0.289 e. The SMILES string of the molecule is CCO[C@H]1C[C@H](NC2CCN(C(=O)c3ccco3)CC2)C12CCCC2. The monoisotopic (exact) mass is 346 g/mol. The first-order chi connectivity index (χ1) is 12.2. The molecular weight excluding hydrogens is 316 g/mol. The van der Waals surface area contributed by atoms with Crippen molar-refractivity contribution in [2.75, 3.05) is 19.7 Å². The van der Waals surface area contributed by atoms with E-state index < -0.39 is 0 Å². The van der Waals surface area contributed by atoms with Crippen LogP contribution in [0.3, 0.4) is 0 Å². The molecule has 5 nitrogen and oxygen atoms in total. The van der Waals surface area contributed by atoms with E-state index in [-0.39, 0.29) is 5.91 Å². The van der Waals surface area contributed by atoms with Gasteiger partial charge in [-0.1, -0.05) is 12.8 Å². The second-order valence-electron chi connectivity index (χ2n) is 7.88. The van der Waals surface area contributed by atoms with Crippen molar-refractivity contribution in [3.8, 4) is 0 Å². The molecule has 0 radical (unpaired) electrons. The highest BCUT2D eigenvalue weighted by atomic mass is 16.5. The molecule has 0 aromatic carbocycles. The summed E-state index contributed by atoms with van der Waals surface area (Å²) >= 11 is 0. The van der Waals surface area contributed by atoms with E-state index in [1.54, 1.807) is 18.4 Å². The number of nitrogens with zero attached hydrogens (tertiary/aromatic N) is 1. The topological polar surface area (TPSA) is 54.7 Å². The van der Waals surface area contributed by atoms with Gasteiger partial charge >= 0.3 is 0 Å². The van der Waals surface area contributed by atoms with Crippen molar-refractivity contribution in [3.63, 3.8) is 0 Å². The van der Waals surface area contributed by atoms with Crippen molar-refractivity contribution in [1.29, 1.82) is 0 Å². The van der Waals surface area contributed by atoms with Crippen molar-refractivity contribution in [2.24, 2.45) is 5.41 Å². The van der Waals surface area contributed by atoms with Gasteiger partial charge in [-0.25, -0.2) is 0 Å². The summed E-state index contributed by atoms with van der Waals surface area (Å²) in [5.74, 6) is 0.477.